The van der Waals surface area contributed by atoms with Crippen molar-refractivity contribution < 1.29 is 13.2 Å². The summed E-state index contributed by atoms with van der Waals surface area (Å²) in [7, 11) is -1.80. The molecule has 0 bridgehead atoms. The first-order valence-electron chi connectivity index (χ1n) is 6.90. The topological polar surface area (TPSA) is 46.6 Å². The van der Waals surface area contributed by atoms with Crippen molar-refractivity contribution in [2.24, 2.45) is 11.8 Å². The molecule has 4 nitrogen and oxygen atoms in total. The fourth-order valence-corrected chi connectivity index (χ4v) is 4.62. The highest BCUT2D eigenvalue weighted by Gasteiger charge is 2.39. The van der Waals surface area contributed by atoms with E-state index in [4.69, 9.17) is 4.74 Å². The molecule has 0 N–H and O–H groups in total. The third-order valence-electron chi connectivity index (χ3n) is 4.28. The molecule has 3 rings (SSSR count). The Balaban J connectivity index is 1.81. The van der Waals surface area contributed by atoms with Gasteiger partial charge in [-0.15, -0.1) is 0 Å². The van der Waals surface area contributed by atoms with Crippen molar-refractivity contribution in [1.29, 1.82) is 0 Å². The standard InChI is InChI=1S/C15H19NO3S/c1-19-14-6-8-15(9-7-14)20(17,18)16-10-12-4-2-3-5-13(12)11-16/h2-3,6-9,12-13H,4-5,10-11H2,1H3. The summed E-state index contributed by atoms with van der Waals surface area (Å²) in [5, 5.41) is 0. The number of hydrogen-bond donors (Lipinski definition) is 0. The summed E-state index contributed by atoms with van der Waals surface area (Å²) in [6, 6.07) is 6.62. The summed E-state index contributed by atoms with van der Waals surface area (Å²) in [6.45, 7) is 1.28. The molecule has 5 heteroatoms. The first kappa shape index (κ1) is 13.6. The fraction of sp³-hybridized carbons (Fsp3) is 0.467. The molecule has 1 aliphatic carbocycles. The van der Waals surface area contributed by atoms with Crippen molar-refractivity contribution in [3.8, 4) is 5.75 Å². The second-order valence-electron chi connectivity index (χ2n) is 5.46. The first-order chi connectivity index (χ1) is 9.61. The van der Waals surface area contributed by atoms with E-state index in [2.05, 4.69) is 12.2 Å². The average molecular weight is 293 g/mol. The molecule has 1 saturated heterocycles. The molecule has 1 aromatic carbocycles. The van der Waals surface area contributed by atoms with Crippen LogP contribution in [0, 0.1) is 11.8 Å². The second kappa shape index (κ2) is 5.22. The van der Waals surface area contributed by atoms with Crippen LogP contribution in [-0.2, 0) is 10.0 Å². The molecule has 1 aromatic rings. The molecule has 1 aliphatic heterocycles. The lowest BCUT2D eigenvalue weighted by atomic mass is 9.86. The maximum Gasteiger partial charge on any atom is 0.243 e. The molecule has 2 aliphatic rings. The van der Waals surface area contributed by atoms with Crippen LogP contribution in [0.25, 0.3) is 0 Å². The molecule has 2 atom stereocenters. The van der Waals surface area contributed by atoms with Crippen molar-refractivity contribution >= 4 is 10.0 Å². The van der Waals surface area contributed by atoms with Gasteiger partial charge in [-0.25, -0.2) is 8.42 Å². The van der Waals surface area contributed by atoms with Crippen molar-refractivity contribution in [3.63, 3.8) is 0 Å². The molecule has 20 heavy (non-hydrogen) atoms. The van der Waals surface area contributed by atoms with E-state index in [1.165, 1.54) is 0 Å². The lowest BCUT2D eigenvalue weighted by molar-refractivity contribution is 0.411. The minimum atomic E-state index is -3.37. The Morgan fingerprint density at radius 2 is 1.60 bits per heavy atom. The number of allylic oxidation sites excluding steroid dienone is 2. The molecular weight excluding hydrogens is 274 g/mol. The van der Waals surface area contributed by atoms with Gasteiger partial charge < -0.3 is 4.74 Å². The lowest BCUT2D eigenvalue weighted by Gasteiger charge is -2.18. The van der Waals surface area contributed by atoms with Gasteiger partial charge in [0.05, 0.1) is 12.0 Å². The zero-order valence-electron chi connectivity index (χ0n) is 11.5. The van der Waals surface area contributed by atoms with E-state index in [-0.39, 0.29) is 0 Å². The second-order valence-corrected chi connectivity index (χ2v) is 7.40. The number of benzene rings is 1. The predicted molar refractivity (Wildman–Crippen MR) is 77.1 cm³/mol. The van der Waals surface area contributed by atoms with Gasteiger partial charge in [0, 0.05) is 13.1 Å². The minimum Gasteiger partial charge on any atom is -0.497 e. The van der Waals surface area contributed by atoms with Gasteiger partial charge >= 0.3 is 0 Å². The molecule has 0 spiro atoms. The van der Waals surface area contributed by atoms with E-state index in [1.54, 1.807) is 35.7 Å². The van der Waals surface area contributed by atoms with Crippen LogP contribution in [0.15, 0.2) is 41.3 Å². The third kappa shape index (κ3) is 2.36. The van der Waals surface area contributed by atoms with Crippen molar-refractivity contribution in [2.75, 3.05) is 20.2 Å². The fourth-order valence-electron chi connectivity index (χ4n) is 3.06. The smallest absolute Gasteiger partial charge is 0.243 e. The van der Waals surface area contributed by atoms with E-state index in [0.717, 1.165) is 12.8 Å². The van der Waals surface area contributed by atoms with Gasteiger partial charge in [-0.05, 0) is 48.9 Å². The van der Waals surface area contributed by atoms with Crippen molar-refractivity contribution in [2.45, 2.75) is 17.7 Å². The molecule has 1 fully saturated rings. The van der Waals surface area contributed by atoms with Crippen LogP contribution in [0.1, 0.15) is 12.8 Å². The Kier molecular flexibility index (Phi) is 3.56. The van der Waals surface area contributed by atoms with Crippen LogP contribution in [0.2, 0.25) is 0 Å². The van der Waals surface area contributed by atoms with Crippen LogP contribution in [0.5, 0.6) is 5.75 Å². The zero-order chi connectivity index (χ0) is 14.2. The van der Waals surface area contributed by atoms with Crippen molar-refractivity contribution in [1.82, 2.24) is 4.31 Å². The summed E-state index contributed by atoms with van der Waals surface area (Å²) in [5.41, 5.74) is 0. The summed E-state index contributed by atoms with van der Waals surface area (Å²) in [5.74, 6) is 1.63. The summed E-state index contributed by atoms with van der Waals surface area (Å²) in [4.78, 5) is 0.352. The van der Waals surface area contributed by atoms with Gasteiger partial charge in [-0.2, -0.15) is 4.31 Å². The summed E-state index contributed by atoms with van der Waals surface area (Å²) >= 11 is 0. The van der Waals surface area contributed by atoms with Crippen LogP contribution < -0.4 is 4.74 Å². The monoisotopic (exact) mass is 293 g/mol. The predicted octanol–water partition coefficient (Wildman–Crippen LogP) is 2.28. The number of hydrogen-bond acceptors (Lipinski definition) is 3. The molecule has 0 aromatic heterocycles. The summed E-state index contributed by atoms with van der Waals surface area (Å²) in [6.07, 6.45) is 6.34. The number of fused-ring (bicyclic) bond motifs is 1. The van der Waals surface area contributed by atoms with Gasteiger partial charge in [0.25, 0.3) is 0 Å². The quantitative estimate of drug-likeness (QED) is 0.803. The molecule has 1 heterocycles. The molecule has 0 amide bonds. The van der Waals surface area contributed by atoms with Gasteiger partial charge in [0.15, 0.2) is 0 Å². The molecular formula is C15H19NO3S. The van der Waals surface area contributed by atoms with E-state index in [9.17, 15) is 8.42 Å². The highest BCUT2D eigenvalue weighted by molar-refractivity contribution is 7.89. The van der Waals surface area contributed by atoms with E-state index in [1.807, 2.05) is 0 Å². The Morgan fingerprint density at radius 3 is 2.10 bits per heavy atom. The first-order valence-corrected chi connectivity index (χ1v) is 8.34. The van der Waals surface area contributed by atoms with Gasteiger partial charge in [-0.3, -0.25) is 0 Å². The minimum absolute atomic E-state index is 0.352. The number of nitrogens with zero attached hydrogens (tertiary/aromatic N) is 1. The summed E-state index contributed by atoms with van der Waals surface area (Å²) < 4.78 is 32.0. The van der Waals surface area contributed by atoms with Crippen LogP contribution in [-0.4, -0.2) is 32.9 Å². The van der Waals surface area contributed by atoms with Crippen LogP contribution in [0.4, 0.5) is 0 Å². The lowest BCUT2D eigenvalue weighted by Crippen LogP contribution is -2.29. The van der Waals surface area contributed by atoms with Crippen LogP contribution >= 0.6 is 0 Å². The maximum absolute atomic E-state index is 12.6. The van der Waals surface area contributed by atoms with E-state index >= 15 is 0 Å². The highest BCUT2D eigenvalue weighted by Crippen LogP contribution is 2.35. The Labute approximate surface area is 120 Å². The third-order valence-corrected chi connectivity index (χ3v) is 6.13. The van der Waals surface area contributed by atoms with Crippen LogP contribution in [0.3, 0.4) is 0 Å². The highest BCUT2D eigenvalue weighted by atomic mass is 32.2. The average Bonchev–Trinajstić information content (AvgIpc) is 2.92. The molecule has 0 radical (unpaired) electrons. The number of methoxy groups -OCH3 is 1. The zero-order valence-corrected chi connectivity index (χ0v) is 12.3. The van der Waals surface area contributed by atoms with Gasteiger partial charge in [-0.1, -0.05) is 12.2 Å². The maximum atomic E-state index is 12.6. The molecule has 2 unspecified atom stereocenters. The Morgan fingerprint density at radius 1 is 1.05 bits per heavy atom. The van der Waals surface area contributed by atoms with Gasteiger partial charge in [0.1, 0.15) is 5.75 Å². The largest absolute Gasteiger partial charge is 0.497 e. The number of rotatable bonds is 3. The normalized spacial score (nSPS) is 26.4. The molecule has 108 valence electrons. The van der Waals surface area contributed by atoms with E-state index < -0.39 is 10.0 Å². The van der Waals surface area contributed by atoms with E-state index in [0.29, 0.717) is 35.6 Å². The number of sulfonamides is 1. The van der Waals surface area contributed by atoms with Crippen molar-refractivity contribution in [3.05, 3.63) is 36.4 Å². The Bertz CT molecular complexity index is 591. The molecule has 0 saturated carbocycles. The Hall–Kier alpha value is -1.33. The van der Waals surface area contributed by atoms with Gasteiger partial charge in [0.2, 0.25) is 10.0 Å². The SMILES string of the molecule is COc1ccc(S(=O)(=O)N2CC3CC=CCC3C2)cc1. The number of ether oxygens (including phenoxy) is 1.